The van der Waals surface area contributed by atoms with Crippen LogP contribution < -0.4 is 5.32 Å². The molecule has 0 atom stereocenters. The van der Waals surface area contributed by atoms with E-state index in [4.69, 9.17) is 5.26 Å². The molecule has 1 N–H and O–H groups in total. The van der Waals surface area contributed by atoms with E-state index < -0.39 is 5.82 Å². The first-order valence-electron chi connectivity index (χ1n) is 6.47. The molecule has 2 rings (SSSR count). The summed E-state index contributed by atoms with van der Waals surface area (Å²) in [6.45, 7) is 4.57. The van der Waals surface area contributed by atoms with Crippen molar-refractivity contribution in [3.8, 4) is 6.07 Å². The number of nitriles is 1. The zero-order valence-electron chi connectivity index (χ0n) is 11.0. The molecule has 0 saturated heterocycles. The molecule has 0 heterocycles. The van der Waals surface area contributed by atoms with Gasteiger partial charge in [-0.05, 0) is 43.2 Å². The summed E-state index contributed by atoms with van der Waals surface area (Å²) in [4.78, 5) is 0. The molecule has 1 saturated carbocycles. The Hall–Kier alpha value is -1.56. The van der Waals surface area contributed by atoms with Crippen molar-refractivity contribution >= 4 is 5.69 Å². The van der Waals surface area contributed by atoms with Crippen LogP contribution in [0.2, 0.25) is 0 Å². The maximum absolute atomic E-state index is 13.5. The summed E-state index contributed by atoms with van der Waals surface area (Å²) >= 11 is 0. The van der Waals surface area contributed by atoms with Gasteiger partial charge in [0.25, 0.3) is 0 Å². The largest absolute Gasteiger partial charge is 0.381 e. The van der Waals surface area contributed by atoms with E-state index in [0.29, 0.717) is 17.1 Å². The minimum Gasteiger partial charge on any atom is -0.381 e. The first kappa shape index (κ1) is 12.9. The fraction of sp³-hybridized carbons (Fsp3) is 0.533. The molecule has 3 heteroatoms. The van der Waals surface area contributed by atoms with Gasteiger partial charge in [-0.2, -0.15) is 5.26 Å². The highest BCUT2D eigenvalue weighted by Crippen LogP contribution is 2.36. The molecule has 1 aliphatic rings. The highest BCUT2D eigenvalue weighted by molar-refractivity contribution is 5.58. The van der Waals surface area contributed by atoms with Crippen LogP contribution in [0.25, 0.3) is 0 Å². The molecular formula is C15H19FN2. The van der Waals surface area contributed by atoms with Gasteiger partial charge in [0.2, 0.25) is 0 Å². The minimum atomic E-state index is -0.446. The lowest BCUT2D eigenvalue weighted by atomic mass is 9.75. The summed E-state index contributed by atoms with van der Waals surface area (Å²) in [7, 11) is 0. The molecule has 0 radical (unpaired) electrons. The lowest BCUT2D eigenvalue weighted by Gasteiger charge is -2.35. The molecule has 1 aromatic rings. The average Bonchev–Trinajstić information content (AvgIpc) is 2.32. The van der Waals surface area contributed by atoms with Gasteiger partial charge in [-0.25, -0.2) is 4.39 Å². The Bertz CT molecular complexity index is 464. The number of nitrogens with one attached hydrogen (secondary N) is 1. The molecule has 0 amide bonds. The van der Waals surface area contributed by atoms with E-state index in [9.17, 15) is 4.39 Å². The number of halogens is 1. The van der Waals surface area contributed by atoms with Crippen LogP contribution in [0, 0.1) is 22.6 Å². The number of benzene rings is 1. The smallest absolute Gasteiger partial charge is 0.143 e. The van der Waals surface area contributed by atoms with E-state index >= 15 is 0 Å². The maximum Gasteiger partial charge on any atom is 0.143 e. The van der Waals surface area contributed by atoms with Gasteiger partial charge < -0.3 is 5.32 Å². The van der Waals surface area contributed by atoms with Crippen molar-refractivity contribution in [3.63, 3.8) is 0 Å². The van der Waals surface area contributed by atoms with Gasteiger partial charge in [0.1, 0.15) is 17.4 Å². The lowest BCUT2D eigenvalue weighted by Crippen LogP contribution is -2.30. The third-order valence-corrected chi connectivity index (χ3v) is 3.82. The van der Waals surface area contributed by atoms with E-state index in [1.807, 2.05) is 6.07 Å². The predicted octanol–water partition coefficient (Wildman–Crippen LogP) is 4.08. The van der Waals surface area contributed by atoms with E-state index in [2.05, 4.69) is 19.2 Å². The van der Waals surface area contributed by atoms with Gasteiger partial charge in [-0.3, -0.25) is 0 Å². The lowest BCUT2D eigenvalue weighted by molar-refractivity contribution is 0.232. The van der Waals surface area contributed by atoms with Crippen LogP contribution in [0.15, 0.2) is 18.2 Å². The molecular weight excluding hydrogens is 227 g/mol. The standard InChI is InChI=1S/C15H19FN2/c1-15(2)8-6-11(7-9-15)18-14-5-3-4-13(16)12(14)10-17/h3-5,11,18H,6-9H2,1-2H3. The van der Waals surface area contributed by atoms with Gasteiger partial charge >= 0.3 is 0 Å². The molecule has 1 fully saturated rings. The molecule has 0 aliphatic heterocycles. The van der Waals surface area contributed by atoms with Crippen LogP contribution in [0.4, 0.5) is 10.1 Å². The SMILES string of the molecule is CC1(C)CCC(Nc2cccc(F)c2C#N)CC1. The zero-order chi connectivity index (χ0) is 13.2. The Morgan fingerprint density at radius 2 is 2.00 bits per heavy atom. The van der Waals surface area contributed by atoms with Crippen molar-refractivity contribution in [2.45, 2.75) is 45.6 Å². The predicted molar refractivity (Wildman–Crippen MR) is 70.8 cm³/mol. The minimum absolute atomic E-state index is 0.127. The number of rotatable bonds is 2. The monoisotopic (exact) mass is 246 g/mol. The second-order valence-corrected chi connectivity index (χ2v) is 5.86. The Morgan fingerprint density at radius 3 is 2.61 bits per heavy atom. The number of anilines is 1. The van der Waals surface area contributed by atoms with E-state index in [1.54, 1.807) is 12.1 Å². The maximum atomic E-state index is 13.5. The molecule has 18 heavy (non-hydrogen) atoms. The van der Waals surface area contributed by atoms with E-state index in [0.717, 1.165) is 12.8 Å². The first-order valence-corrected chi connectivity index (χ1v) is 6.47. The summed E-state index contributed by atoms with van der Waals surface area (Å²) < 4.78 is 13.5. The van der Waals surface area contributed by atoms with Crippen molar-refractivity contribution < 1.29 is 4.39 Å². The molecule has 1 aliphatic carbocycles. The molecule has 0 spiro atoms. The van der Waals surface area contributed by atoms with Gasteiger partial charge in [0, 0.05) is 6.04 Å². The van der Waals surface area contributed by atoms with Crippen LogP contribution in [-0.2, 0) is 0 Å². The Balaban J connectivity index is 2.07. The highest BCUT2D eigenvalue weighted by Gasteiger charge is 2.27. The normalized spacial score (nSPS) is 19.2. The van der Waals surface area contributed by atoms with Crippen LogP contribution >= 0.6 is 0 Å². The molecule has 0 unspecified atom stereocenters. The van der Waals surface area contributed by atoms with Gasteiger partial charge in [0.15, 0.2) is 0 Å². The summed E-state index contributed by atoms with van der Waals surface area (Å²) in [6.07, 6.45) is 4.49. The Labute approximate surface area is 108 Å². The average molecular weight is 246 g/mol. The summed E-state index contributed by atoms with van der Waals surface area (Å²) in [6, 6.07) is 7.04. The molecule has 1 aromatic carbocycles. The Morgan fingerprint density at radius 1 is 1.33 bits per heavy atom. The number of hydrogen-bond donors (Lipinski definition) is 1. The highest BCUT2D eigenvalue weighted by atomic mass is 19.1. The van der Waals surface area contributed by atoms with E-state index in [1.165, 1.54) is 18.9 Å². The number of nitrogens with zero attached hydrogens (tertiary/aromatic N) is 1. The van der Waals surface area contributed by atoms with Crippen LogP contribution in [0.1, 0.15) is 45.1 Å². The molecule has 2 nitrogen and oxygen atoms in total. The van der Waals surface area contributed by atoms with Gasteiger partial charge in [-0.15, -0.1) is 0 Å². The first-order chi connectivity index (χ1) is 8.52. The fourth-order valence-electron chi connectivity index (χ4n) is 2.52. The summed E-state index contributed by atoms with van der Waals surface area (Å²) in [5, 5.41) is 12.3. The van der Waals surface area contributed by atoms with E-state index in [-0.39, 0.29) is 5.56 Å². The van der Waals surface area contributed by atoms with Crippen LogP contribution in [-0.4, -0.2) is 6.04 Å². The van der Waals surface area contributed by atoms with Crippen molar-refractivity contribution in [2.75, 3.05) is 5.32 Å². The zero-order valence-corrected chi connectivity index (χ0v) is 11.0. The third kappa shape index (κ3) is 2.81. The summed E-state index contributed by atoms with van der Waals surface area (Å²) in [5.74, 6) is -0.446. The summed E-state index contributed by atoms with van der Waals surface area (Å²) in [5.41, 5.74) is 1.17. The molecule has 0 aromatic heterocycles. The number of hydrogen-bond acceptors (Lipinski definition) is 2. The van der Waals surface area contributed by atoms with Gasteiger partial charge in [0.05, 0.1) is 5.69 Å². The molecule has 96 valence electrons. The van der Waals surface area contributed by atoms with Crippen molar-refractivity contribution in [2.24, 2.45) is 5.41 Å². The fourth-order valence-corrected chi connectivity index (χ4v) is 2.52. The second-order valence-electron chi connectivity index (χ2n) is 5.86. The molecule has 0 bridgehead atoms. The van der Waals surface area contributed by atoms with Crippen molar-refractivity contribution in [1.82, 2.24) is 0 Å². The van der Waals surface area contributed by atoms with Crippen LogP contribution in [0.5, 0.6) is 0 Å². The van der Waals surface area contributed by atoms with Crippen LogP contribution in [0.3, 0.4) is 0 Å². The van der Waals surface area contributed by atoms with Gasteiger partial charge in [-0.1, -0.05) is 19.9 Å². The third-order valence-electron chi connectivity index (χ3n) is 3.82. The topological polar surface area (TPSA) is 35.8 Å². The quantitative estimate of drug-likeness (QED) is 0.853. The van der Waals surface area contributed by atoms with Crippen molar-refractivity contribution in [1.29, 1.82) is 5.26 Å². The second kappa shape index (κ2) is 4.97. The Kier molecular flexibility index (Phi) is 3.56. The van der Waals surface area contributed by atoms with Crippen molar-refractivity contribution in [3.05, 3.63) is 29.6 Å².